The molecular weight excluding hydrogens is 262 g/mol. The molecule has 100 valence electrons. The second-order valence-electron chi connectivity index (χ2n) is 4.20. The molecule has 0 fully saturated rings. The Balaban J connectivity index is 2.24. The lowest BCUT2D eigenvalue weighted by molar-refractivity contribution is 0.598. The predicted octanol–water partition coefficient (Wildman–Crippen LogP) is 1.65. The van der Waals surface area contributed by atoms with Crippen LogP contribution in [0.15, 0.2) is 47.6 Å². The number of pyridine rings is 1. The molecule has 0 aliphatic carbocycles. The molecule has 0 unspecified atom stereocenters. The Morgan fingerprint density at radius 3 is 2.68 bits per heavy atom. The van der Waals surface area contributed by atoms with Gasteiger partial charge in [-0.25, -0.2) is 13.6 Å². The number of primary sulfonamides is 1. The lowest BCUT2D eigenvalue weighted by atomic mass is 10.1. The van der Waals surface area contributed by atoms with E-state index in [9.17, 15) is 8.42 Å². The van der Waals surface area contributed by atoms with E-state index < -0.39 is 10.0 Å². The molecule has 0 aliphatic heterocycles. The van der Waals surface area contributed by atoms with Crippen LogP contribution in [-0.2, 0) is 16.6 Å². The molecule has 0 amide bonds. The largest absolute Gasteiger partial charge is 0.380 e. The van der Waals surface area contributed by atoms with Gasteiger partial charge in [0, 0.05) is 18.9 Å². The van der Waals surface area contributed by atoms with Crippen molar-refractivity contribution in [3.05, 3.63) is 53.9 Å². The van der Waals surface area contributed by atoms with Gasteiger partial charge in [-0.2, -0.15) is 0 Å². The van der Waals surface area contributed by atoms with Gasteiger partial charge < -0.3 is 5.32 Å². The van der Waals surface area contributed by atoms with Crippen LogP contribution in [0.4, 0.5) is 5.69 Å². The van der Waals surface area contributed by atoms with Crippen LogP contribution in [0, 0.1) is 6.92 Å². The molecule has 3 N–H and O–H groups in total. The first kappa shape index (κ1) is 13.5. The van der Waals surface area contributed by atoms with Crippen LogP contribution in [0.1, 0.15) is 11.1 Å². The first-order valence-electron chi connectivity index (χ1n) is 5.73. The number of aryl methyl sites for hydroxylation is 1. The maximum atomic E-state index is 11.5. The fourth-order valence-corrected chi connectivity index (χ4v) is 2.45. The van der Waals surface area contributed by atoms with Crippen LogP contribution in [0.3, 0.4) is 0 Å². The summed E-state index contributed by atoms with van der Waals surface area (Å²) in [5.41, 5.74) is 2.59. The van der Waals surface area contributed by atoms with Crippen molar-refractivity contribution in [2.24, 2.45) is 5.14 Å². The number of aromatic nitrogens is 1. The number of para-hydroxylation sites is 1. The van der Waals surface area contributed by atoms with Gasteiger partial charge >= 0.3 is 0 Å². The summed E-state index contributed by atoms with van der Waals surface area (Å²) in [4.78, 5) is 4.14. The number of hydrogen-bond donors (Lipinski definition) is 2. The number of hydrogen-bond acceptors (Lipinski definition) is 4. The number of anilines is 1. The molecule has 1 aromatic carbocycles. The smallest absolute Gasteiger partial charge is 0.240 e. The molecule has 0 saturated carbocycles. The molecule has 2 aromatic rings. The average molecular weight is 277 g/mol. The standard InChI is InChI=1S/C13H15N3O2S/c1-10-6-7-15-8-11(10)9-16-12-4-2-3-5-13(12)19(14,17)18/h2-8,16H,9H2,1H3,(H2,14,17,18). The molecule has 0 bridgehead atoms. The summed E-state index contributed by atoms with van der Waals surface area (Å²) in [7, 11) is -3.73. The number of nitrogens with one attached hydrogen (secondary N) is 1. The number of nitrogens with zero attached hydrogens (tertiary/aromatic N) is 1. The highest BCUT2D eigenvalue weighted by Crippen LogP contribution is 2.20. The lowest BCUT2D eigenvalue weighted by Crippen LogP contribution is -2.15. The van der Waals surface area contributed by atoms with Gasteiger partial charge in [-0.05, 0) is 36.2 Å². The third-order valence-corrected chi connectivity index (χ3v) is 3.78. The minimum Gasteiger partial charge on any atom is -0.380 e. The monoisotopic (exact) mass is 277 g/mol. The summed E-state index contributed by atoms with van der Waals surface area (Å²) in [6, 6.07) is 8.47. The molecule has 0 atom stereocenters. The van der Waals surface area contributed by atoms with Crippen LogP contribution in [0.2, 0.25) is 0 Å². The van der Waals surface area contributed by atoms with Crippen LogP contribution < -0.4 is 10.5 Å². The summed E-state index contributed by atoms with van der Waals surface area (Å²) in [6.45, 7) is 2.47. The molecule has 1 heterocycles. The van der Waals surface area contributed by atoms with E-state index in [0.717, 1.165) is 11.1 Å². The quantitative estimate of drug-likeness (QED) is 0.889. The van der Waals surface area contributed by atoms with E-state index in [1.165, 1.54) is 6.07 Å². The predicted molar refractivity (Wildman–Crippen MR) is 74.1 cm³/mol. The molecular formula is C13H15N3O2S. The van der Waals surface area contributed by atoms with Crippen molar-refractivity contribution in [3.8, 4) is 0 Å². The van der Waals surface area contributed by atoms with E-state index in [-0.39, 0.29) is 4.90 Å². The van der Waals surface area contributed by atoms with Crippen molar-refractivity contribution in [2.75, 3.05) is 5.32 Å². The maximum Gasteiger partial charge on any atom is 0.240 e. The molecule has 0 aliphatic rings. The van der Waals surface area contributed by atoms with Crippen LogP contribution in [-0.4, -0.2) is 13.4 Å². The van der Waals surface area contributed by atoms with E-state index in [2.05, 4.69) is 10.3 Å². The lowest BCUT2D eigenvalue weighted by Gasteiger charge is -2.11. The normalized spacial score (nSPS) is 11.3. The van der Waals surface area contributed by atoms with E-state index in [0.29, 0.717) is 12.2 Å². The second kappa shape index (κ2) is 5.38. The number of rotatable bonds is 4. The van der Waals surface area contributed by atoms with Gasteiger partial charge in [-0.15, -0.1) is 0 Å². The first-order chi connectivity index (χ1) is 8.98. The van der Waals surface area contributed by atoms with E-state index >= 15 is 0 Å². The maximum absolute atomic E-state index is 11.5. The fraction of sp³-hybridized carbons (Fsp3) is 0.154. The van der Waals surface area contributed by atoms with Gasteiger partial charge in [0.25, 0.3) is 0 Å². The zero-order valence-corrected chi connectivity index (χ0v) is 11.3. The molecule has 0 spiro atoms. The molecule has 5 nitrogen and oxygen atoms in total. The topological polar surface area (TPSA) is 85.1 Å². The summed E-state index contributed by atoms with van der Waals surface area (Å²) < 4.78 is 22.9. The number of benzene rings is 1. The van der Waals surface area contributed by atoms with Crippen LogP contribution in [0.25, 0.3) is 0 Å². The average Bonchev–Trinajstić information content (AvgIpc) is 2.37. The van der Waals surface area contributed by atoms with Crippen molar-refractivity contribution in [3.63, 3.8) is 0 Å². The summed E-state index contributed by atoms with van der Waals surface area (Å²) in [5, 5.41) is 8.25. The van der Waals surface area contributed by atoms with Gasteiger partial charge in [0.1, 0.15) is 4.90 Å². The Labute approximate surface area is 112 Å². The molecule has 19 heavy (non-hydrogen) atoms. The van der Waals surface area contributed by atoms with Gasteiger partial charge in [0.15, 0.2) is 0 Å². The summed E-state index contributed by atoms with van der Waals surface area (Å²) >= 11 is 0. The van der Waals surface area contributed by atoms with Crippen molar-refractivity contribution in [1.82, 2.24) is 4.98 Å². The van der Waals surface area contributed by atoms with Gasteiger partial charge in [0.2, 0.25) is 10.0 Å². The Hall–Kier alpha value is -1.92. The number of sulfonamides is 1. The number of nitrogens with two attached hydrogens (primary N) is 1. The minimum atomic E-state index is -3.73. The highest BCUT2D eigenvalue weighted by atomic mass is 32.2. The molecule has 0 radical (unpaired) electrons. The Morgan fingerprint density at radius 1 is 1.26 bits per heavy atom. The zero-order chi connectivity index (χ0) is 13.9. The Kier molecular flexibility index (Phi) is 3.82. The molecule has 6 heteroatoms. The van der Waals surface area contributed by atoms with Crippen LogP contribution >= 0.6 is 0 Å². The van der Waals surface area contributed by atoms with Crippen LogP contribution in [0.5, 0.6) is 0 Å². The van der Waals surface area contributed by atoms with E-state index in [4.69, 9.17) is 5.14 Å². The fourth-order valence-electron chi connectivity index (χ4n) is 1.73. The highest BCUT2D eigenvalue weighted by molar-refractivity contribution is 7.89. The third kappa shape index (κ3) is 3.30. The Bertz CT molecular complexity index is 684. The van der Waals surface area contributed by atoms with E-state index in [1.54, 1.807) is 30.6 Å². The summed E-state index contributed by atoms with van der Waals surface area (Å²) in [5.74, 6) is 0. The van der Waals surface area contributed by atoms with Gasteiger partial charge in [-0.1, -0.05) is 12.1 Å². The van der Waals surface area contributed by atoms with Crippen molar-refractivity contribution in [1.29, 1.82) is 0 Å². The first-order valence-corrected chi connectivity index (χ1v) is 7.28. The minimum absolute atomic E-state index is 0.0940. The third-order valence-electron chi connectivity index (χ3n) is 2.81. The van der Waals surface area contributed by atoms with Crippen molar-refractivity contribution < 1.29 is 8.42 Å². The SMILES string of the molecule is Cc1ccncc1CNc1ccccc1S(N)(=O)=O. The molecule has 2 rings (SSSR count). The van der Waals surface area contributed by atoms with Gasteiger partial charge in [-0.3, -0.25) is 4.98 Å². The highest BCUT2D eigenvalue weighted by Gasteiger charge is 2.12. The molecule has 0 saturated heterocycles. The molecule has 1 aromatic heterocycles. The van der Waals surface area contributed by atoms with Crippen molar-refractivity contribution in [2.45, 2.75) is 18.4 Å². The zero-order valence-electron chi connectivity index (χ0n) is 10.5. The summed E-state index contributed by atoms with van der Waals surface area (Å²) in [6.07, 6.45) is 3.47. The second-order valence-corrected chi connectivity index (χ2v) is 5.73. The Morgan fingerprint density at radius 2 is 2.00 bits per heavy atom. The van der Waals surface area contributed by atoms with Gasteiger partial charge in [0.05, 0.1) is 5.69 Å². The van der Waals surface area contributed by atoms with E-state index in [1.807, 2.05) is 13.0 Å². The van der Waals surface area contributed by atoms with Crippen molar-refractivity contribution >= 4 is 15.7 Å².